The first kappa shape index (κ1) is 15.6. The van der Waals surface area contributed by atoms with Crippen LogP contribution in [0.4, 0.5) is 4.39 Å². The summed E-state index contributed by atoms with van der Waals surface area (Å²) in [6.07, 6.45) is 0. The molecule has 23 heavy (non-hydrogen) atoms. The molecule has 1 unspecified atom stereocenters. The van der Waals surface area contributed by atoms with Crippen LogP contribution in [0.1, 0.15) is 28.9 Å². The fourth-order valence-electron chi connectivity index (χ4n) is 2.40. The van der Waals surface area contributed by atoms with Gasteiger partial charge in [-0.1, -0.05) is 23.7 Å². The van der Waals surface area contributed by atoms with Crippen LogP contribution < -0.4 is 14.8 Å². The van der Waals surface area contributed by atoms with Gasteiger partial charge in [-0.2, -0.15) is 0 Å². The first-order valence-electron chi connectivity index (χ1n) is 7.20. The zero-order chi connectivity index (χ0) is 16.4. The molecule has 0 radical (unpaired) electrons. The molecular weight excluding hydrogens is 321 g/mol. The maximum absolute atomic E-state index is 13.8. The quantitative estimate of drug-likeness (QED) is 0.929. The van der Waals surface area contributed by atoms with Gasteiger partial charge in [0.2, 0.25) is 0 Å². The maximum Gasteiger partial charge on any atom is 0.256 e. The summed E-state index contributed by atoms with van der Waals surface area (Å²) in [7, 11) is 0. The number of amides is 1. The third-order valence-corrected chi connectivity index (χ3v) is 3.92. The van der Waals surface area contributed by atoms with Crippen molar-refractivity contribution in [2.75, 3.05) is 13.2 Å². The van der Waals surface area contributed by atoms with E-state index in [-0.39, 0.29) is 16.6 Å². The van der Waals surface area contributed by atoms with Crippen molar-refractivity contribution in [2.24, 2.45) is 0 Å². The number of hydrogen-bond donors (Lipinski definition) is 1. The van der Waals surface area contributed by atoms with Gasteiger partial charge in [-0.05, 0) is 36.8 Å². The topological polar surface area (TPSA) is 47.6 Å². The summed E-state index contributed by atoms with van der Waals surface area (Å²) in [4.78, 5) is 12.3. The van der Waals surface area contributed by atoms with Gasteiger partial charge in [0.1, 0.15) is 19.0 Å². The van der Waals surface area contributed by atoms with Crippen molar-refractivity contribution in [1.29, 1.82) is 0 Å². The number of carbonyl (C=O) groups excluding carboxylic acids is 1. The number of rotatable bonds is 3. The molecule has 1 aliphatic rings. The summed E-state index contributed by atoms with van der Waals surface area (Å²) in [5, 5.41) is 2.82. The lowest BCUT2D eigenvalue weighted by molar-refractivity contribution is 0.0936. The number of ether oxygens (including phenoxy) is 2. The predicted molar refractivity (Wildman–Crippen MR) is 84.7 cm³/mol. The molecule has 1 amide bonds. The van der Waals surface area contributed by atoms with Gasteiger partial charge < -0.3 is 14.8 Å². The highest BCUT2D eigenvalue weighted by molar-refractivity contribution is 6.33. The summed E-state index contributed by atoms with van der Waals surface area (Å²) in [5.41, 5.74) is 0.675. The van der Waals surface area contributed by atoms with Crippen molar-refractivity contribution < 1.29 is 18.7 Å². The SMILES string of the molecule is CC(NC(=O)c1c(F)cccc1Cl)c1ccc2c(c1)OCCO2. The van der Waals surface area contributed by atoms with Crippen LogP contribution in [-0.2, 0) is 0 Å². The molecule has 3 rings (SSSR count). The third kappa shape index (κ3) is 3.24. The van der Waals surface area contributed by atoms with E-state index in [1.54, 1.807) is 13.0 Å². The third-order valence-electron chi connectivity index (χ3n) is 3.60. The molecule has 0 saturated carbocycles. The summed E-state index contributed by atoms with van der Waals surface area (Å²) >= 11 is 5.91. The fourth-order valence-corrected chi connectivity index (χ4v) is 2.64. The summed E-state index contributed by atoms with van der Waals surface area (Å²) < 4.78 is 24.8. The smallest absolute Gasteiger partial charge is 0.256 e. The molecule has 0 fully saturated rings. The van der Waals surface area contributed by atoms with Gasteiger partial charge in [-0.3, -0.25) is 4.79 Å². The van der Waals surface area contributed by atoms with E-state index in [1.807, 2.05) is 12.1 Å². The van der Waals surface area contributed by atoms with Gasteiger partial charge in [-0.15, -0.1) is 0 Å². The van der Waals surface area contributed by atoms with E-state index in [0.29, 0.717) is 24.7 Å². The molecular formula is C17H15ClFNO3. The summed E-state index contributed by atoms with van der Waals surface area (Å²) in [5.74, 6) is 0.106. The molecule has 1 aliphatic heterocycles. The monoisotopic (exact) mass is 335 g/mol. The second kappa shape index (κ2) is 6.46. The maximum atomic E-state index is 13.8. The Kier molecular flexibility index (Phi) is 4.39. The molecule has 6 heteroatoms. The van der Waals surface area contributed by atoms with Gasteiger partial charge in [0, 0.05) is 0 Å². The van der Waals surface area contributed by atoms with Crippen molar-refractivity contribution in [3.05, 3.63) is 58.4 Å². The van der Waals surface area contributed by atoms with Crippen LogP contribution in [0.3, 0.4) is 0 Å². The summed E-state index contributed by atoms with van der Waals surface area (Å²) in [6.45, 7) is 2.81. The van der Waals surface area contributed by atoms with Gasteiger partial charge in [0.15, 0.2) is 11.5 Å². The van der Waals surface area contributed by atoms with Crippen LogP contribution in [0.5, 0.6) is 11.5 Å². The number of nitrogens with one attached hydrogen (secondary N) is 1. The lowest BCUT2D eigenvalue weighted by Gasteiger charge is -2.21. The average Bonchev–Trinajstić information content (AvgIpc) is 2.54. The van der Waals surface area contributed by atoms with Crippen molar-refractivity contribution >= 4 is 17.5 Å². The number of halogens is 2. The van der Waals surface area contributed by atoms with Crippen LogP contribution in [0.25, 0.3) is 0 Å². The van der Waals surface area contributed by atoms with Crippen molar-refractivity contribution in [2.45, 2.75) is 13.0 Å². The Morgan fingerprint density at radius 3 is 2.70 bits per heavy atom. The largest absolute Gasteiger partial charge is 0.486 e. The van der Waals surface area contributed by atoms with Gasteiger partial charge >= 0.3 is 0 Å². The van der Waals surface area contributed by atoms with Crippen LogP contribution in [0.2, 0.25) is 5.02 Å². The molecule has 120 valence electrons. The standard InChI is InChI=1S/C17H15ClFNO3/c1-10(11-5-6-14-15(9-11)23-8-7-22-14)20-17(21)16-12(18)3-2-4-13(16)19/h2-6,9-10H,7-8H2,1H3,(H,20,21). The minimum absolute atomic E-state index is 0.0804. The van der Waals surface area contributed by atoms with Gasteiger partial charge in [0.25, 0.3) is 5.91 Å². The molecule has 2 aromatic carbocycles. The zero-order valence-corrected chi connectivity index (χ0v) is 13.2. The van der Waals surface area contributed by atoms with Gasteiger partial charge in [-0.25, -0.2) is 4.39 Å². The van der Waals surface area contributed by atoms with E-state index < -0.39 is 11.7 Å². The lowest BCUT2D eigenvalue weighted by Crippen LogP contribution is -2.28. The van der Waals surface area contributed by atoms with Crippen molar-refractivity contribution in [3.8, 4) is 11.5 Å². The predicted octanol–water partition coefficient (Wildman–Crippen LogP) is 3.74. The van der Waals surface area contributed by atoms with E-state index in [9.17, 15) is 9.18 Å². The summed E-state index contributed by atoms with van der Waals surface area (Å²) in [6, 6.07) is 9.24. The van der Waals surface area contributed by atoms with Crippen LogP contribution >= 0.6 is 11.6 Å². The highest BCUT2D eigenvalue weighted by atomic mass is 35.5. The molecule has 1 N–H and O–H groups in total. The first-order valence-corrected chi connectivity index (χ1v) is 7.58. The van der Waals surface area contributed by atoms with Gasteiger partial charge in [0.05, 0.1) is 16.6 Å². The molecule has 0 saturated heterocycles. The Morgan fingerprint density at radius 2 is 1.96 bits per heavy atom. The van der Waals surface area contributed by atoms with Crippen molar-refractivity contribution in [3.63, 3.8) is 0 Å². The second-order valence-electron chi connectivity index (χ2n) is 5.19. The molecule has 4 nitrogen and oxygen atoms in total. The molecule has 0 aromatic heterocycles. The molecule has 2 aromatic rings. The Bertz CT molecular complexity index is 730. The minimum Gasteiger partial charge on any atom is -0.486 e. The van der Waals surface area contributed by atoms with E-state index in [2.05, 4.69) is 5.32 Å². The lowest BCUT2D eigenvalue weighted by atomic mass is 10.1. The first-order chi connectivity index (χ1) is 11.1. The molecule has 1 heterocycles. The second-order valence-corrected chi connectivity index (χ2v) is 5.60. The number of carbonyl (C=O) groups is 1. The molecule has 1 atom stereocenters. The molecule has 0 bridgehead atoms. The normalized spacial score (nSPS) is 14.2. The number of benzene rings is 2. The zero-order valence-electron chi connectivity index (χ0n) is 12.4. The van der Waals surface area contributed by atoms with Crippen LogP contribution in [0.15, 0.2) is 36.4 Å². The van der Waals surface area contributed by atoms with Crippen molar-refractivity contribution in [1.82, 2.24) is 5.32 Å². The molecule has 0 aliphatic carbocycles. The number of hydrogen-bond acceptors (Lipinski definition) is 3. The highest BCUT2D eigenvalue weighted by Crippen LogP contribution is 2.32. The van der Waals surface area contributed by atoms with E-state index >= 15 is 0 Å². The highest BCUT2D eigenvalue weighted by Gasteiger charge is 2.20. The number of fused-ring (bicyclic) bond motifs is 1. The Hall–Kier alpha value is -2.27. The van der Waals surface area contributed by atoms with E-state index in [0.717, 1.165) is 5.56 Å². The van der Waals surface area contributed by atoms with Crippen LogP contribution in [0, 0.1) is 5.82 Å². The fraction of sp³-hybridized carbons (Fsp3) is 0.235. The minimum atomic E-state index is -0.649. The van der Waals surface area contributed by atoms with Crippen LogP contribution in [-0.4, -0.2) is 19.1 Å². The van der Waals surface area contributed by atoms with E-state index in [4.69, 9.17) is 21.1 Å². The Labute approximate surface area is 138 Å². The Morgan fingerprint density at radius 1 is 1.22 bits per heavy atom. The molecule has 0 spiro atoms. The average molecular weight is 336 g/mol. The Balaban J connectivity index is 1.79. The van der Waals surface area contributed by atoms with E-state index in [1.165, 1.54) is 18.2 Å².